The van der Waals surface area contributed by atoms with Gasteiger partial charge >= 0.3 is 0 Å². The Labute approximate surface area is 103 Å². The van der Waals surface area contributed by atoms with E-state index in [4.69, 9.17) is 0 Å². The zero-order valence-corrected chi connectivity index (χ0v) is 10.4. The molecule has 2 heterocycles. The van der Waals surface area contributed by atoms with Crippen molar-refractivity contribution in [2.45, 2.75) is 50.9 Å². The van der Waals surface area contributed by atoms with Gasteiger partial charge in [0.1, 0.15) is 5.82 Å². The van der Waals surface area contributed by atoms with Gasteiger partial charge in [0, 0.05) is 12.3 Å². The fraction of sp³-hybridized carbons (Fsp3) is 0.846. The first kappa shape index (κ1) is 11.2. The molecule has 2 fully saturated rings. The average molecular weight is 234 g/mol. The molecule has 94 valence electrons. The number of hydrogen-bond donors (Lipinski definition) is 2. The largest absolute Gasteiger partial charge is 0.316 e. The van der Waals surface area contributed by atoms with Crippen LogP contribution >= 0.6 is 0 Å². The molecule has 0 aromatic carbocycles. The van der Waals surface area contributed by atoms with Crippen molar-refractivity contribution in [1.82, 2.24) is 20.5 Å². The SMILES string of the molecule is C1CCC(c2n[nH]c(CCC3CCNC3)n2)C1. The van der Waals surface area contributed by atoms with Gasteiger partial charge in [-0.1, -0.05) is 12.8 Å². The molecule has 4 heteroatoms. The molecule has 1 saturated carbocycles. The highest BCUT2D eigenvalue weighted by Gasteiger charge is 2.21. The third-order valence-electron chi connectivity index (χ3n) is 4.22. The molecule has 0 amide bonds. The van der Waals surface area contributed by atoms with E-state index >= 15 is 0 Å². The number of aromatic nitrogens is 3. The van der Waals surface area contributed by atoms with E-state index in [-0.39, 0.29) is 0 Å². The maximum Gasteiger partial charge on any atom is 0.153 e. The fourth-order valence-corrected chi connectivity index (χ4v) is 3.09. The van der Waals surface area contributed by atoms with Crippen molar-refractivity contribution in [3.8, 4) is 0 Å². The number of rotatable bonds is 4. The molecule has 1 atom stereocenters. The Hall–Kier alpha value is -0.900. The van der Waals surface area contributed by atoms with Crippen molar-refractivity contribution in [3.05, 3.63) is 11.6 Å². The molecule has 0 bridgehead atoms. The summed E-state index contributed by atoms with van der Waals surface area (Å²) < 4.78 is 0. The van der Waals surface area contributed by atoms with E-state index in [0.717, 1.165) is 24.0 Å². The summed E-state index contributed by atoms with van der Waals surface area (Å²) in [5, 5.41) is 10.9. The molecule has 1 aliphatic carbocycles. The van der Waals surface area contributed by atoms with Crippen molar-refractivity contribution < 1.29 is 0 Å². The van der Waals surface area contributed by atoms with E-state index in [2.05, 4.69) is 20.5 Å². The lowest BCUT2D eigenvalue weighted by Gasteiger charge is -2.05. The van der Waals surface area contributed by atoms with Crippen LogP contribution < -0.4 is 5.32 Å². The highest BCUT2D eigenvalue weighted by Crippen LogP contribution is 2.31. The smallest absolute Gasteiger partial charge is 0.153 e. The van der Waals surface area contributed by atoms with E-state index in [1.54, 1.807) is 0 Å². The van der Waals surface area contributed by atoms with Gasteiger partial charge in [0.25, 0.3) is 0 Å². The predicted molar refractivity (Wildman–Crippen MR) is 66.9 cm³/mol. The Kier molecular flexibility index (Phi) is 3.41. The van der Waals surface area contributed by atoms with Crippen molar-refractivity contribution >= 4 is 0 Å². The fourth-order valence-electron chi connectivity index (χ4n) is 3.09. The third-order valence-corrected chi connectivity index (χ3v) is 4.22. The minimum Gasteiger partial charge on any atom is -0.316 e. The van der Waals surface area contributed by atoms with Gasteiger partial charge in [-0.3, -0.25) is 5.10 Å². The Morgan fingerprint density at radius 2 is 2.06 bits per heavy atom. The van der Waals surface area contributed by atoms with E-state index in [1.807, 2.05) is 0 Å². The predicted octanol–water partition coefficient (Wildman–Crippen LogP) is 2.00. The number of nitrogens with one attached hydrogen (secondary N) is 2. The Bertz CT molecular complexity index is 348. The van der Waals surface area contributed by atoms with Crippen LogP contribution in [0.4, 0.5) is 0 Å². The molecule has 0 spiro atoms. The van der Waals surface area contributed by atoms with E-state index < -0.39 is 0 Å². The van der Waals surface area contributed by atoms with Gasteiger partial charge in [-0.2, -0.15) is 5.10 Å². The van der Waals surface area contributed by atoms with Crippen LogP contribution in [-0.4, -0.2) is 28.3 Å². The number of nitrogens with zero attached hydrogens (tertiary/aromatic N) is 2. The van der Waals surface area contributed by atoms with Crippen LogP contribution in [-0.2, 0) is 6.42 Å². The lowest BCUT2D eigenvalue weighted by molar-refractivity contribution is 0.525. The minimum absolute atomic E-state index is 0.633. The van der Waals surface area contributed by atoms with Crippen molar-refractivity contribution in [3.63, 3.8) is 0 Å². The van der Waals surface area contributed by atoms with Crippen molar-refractivity contribution in [2.75, 3.05) is 13.1 Å². The van der Waals surface area contributed by atoms with Crippen LogP contribution in [0.5, 0.6) is 0 Å². The maximum absolute atomic E-state index is 4.67. The van der Waals surface area contributed by atoms with Crippen molar-refractivity contribution in [1.29, 1.82) is 0 Å². The standard InChI is InChI=1S/C13H22N4/c1-2-4-11(3-1)13-15-12(16-17-13)6-5-10-7-8-14-9-10/h10-11,14H,1-9H2,(H,15,16,17). The lowest BCUT2D eigenvalue weighted by Crippen LogP contribution is -2.09. The molecular formula is C13H22N4. The number of aryl methyl sites for hydroxylation is 1. The average Bonchev–Trinajstić information content (AvgIpc) is 3.09. The Balaban J connectivity index is 1.52. The Morgan fingerprint density at radius 1 is 1.18 bits per heavy atom. The number of hydrogen-bond acceptors (Lipinski definition) is 3. The summed E-state index contributed by atoms with van der Waals surface area (Å²) in [4.78, 5) is 4.67. The van der Waals surface area contributed by atoms with Crippen LogP contribution in [0.25, 0.3) is 0 Å². The molecule has 1 saturated heterocycles. The quantitative estimate of drug-likeness (QED) is 0.838. The molecule has 1 aliphatic heterocycles. The van der Waals surface area contributed by atoms with E-state index in [1.165, 1.54) is 51.6 Å². The molecule has 2 aliphatic rings. The summed E-state index contributed by atoms with van der Waals surface area (Å²) in [7, 11) is 0. The van der Waals surface area contributed by atoms with Crippen LogP contribution in [0.2, 0.25) is 0 Å². The molecule has 0 radical (unpaired) electrons. The molecule has 1 aromatic heterocycles. The second-order valence-corrected chi connectivity index (χ2v) is 5.52. The third kappa shape index (κ3) is 2.68. The van der Waals surface area contributed by atoms with Gasteiger partial charge in [0.05, 0.1) is 0 Å². The molecular weight excluding hydrogens is 212 g/mol. The molecule has 4 nitrogen and oxygen atoms in total. The normalized spacial score (nSPS) is 25.8. The molecule has 2 N–H and O–H groups in total. The molecule has 3 rings (SSSR count). The lowest BCUT2D eigenvalue weighted by atomic mass is 10.0. The van der Waals surface area contributed by atoms with Gasteiger partial charge in [-0.05, 0) is 44.7 Å². The monoisotopic (exact) mass is 234 g/mol. The van der Waals surface area contributed by atoms with Gasteiger partial charge in [-0.25, -0.2) is 4.98 Å². The Morgan fingerprint density at radius 3 is 2.82 bits per heavy atom. The summed E-state index contributed by atoms with van der Waals surface area (Å²) in [6.07, 6.45) is 8.89. The first-order chi connectivity index (χ1) is 8.42. The first-order valence-electron chi connectivity index (χ1n) is 7.04. The molecule has 1 unspecified atom stereocenters. The number of H-pyrrole nitrogens is 1. The van der Waals surface area contributed by atoms with E-state index in [9.17, 15) is 0 Å². The van der Waals surface area contributed by atoms with Crippen molar-refractivity contribution in [2.24, 2.45) is 5.92 Å². The zero-order valence-electron chi connectivity index (χ0n) is 10.4. The van der Waals surface area contributed by atoms with Gasteiger partial charge in [0.15, 0.2) is 5.82 Å². The topological polar surface area (TPSA) is 53.6 Å². The zero-order chi connectivity index (χ0) is 11.5. The molecule has 17 heavy (non-hydrogen) atoms. The second kappa shape index (κ2) is 5.17. The summed E-state index contributed by atoms with van der Waals surface area (Å²) in [5.74, 6) is 3.64. The first-order valence-corrected chi connectivity index (χ1v) is 7.04. The van der Waals surface area contributed by atoms with Gasteiger partial charge in [-0.15, -0.1) is 0 Å². The van der Waals surface area contributed by atoms with Crippen LogP contribution in [0.3, 0.4) is 0 Å². The van der Waals surface area contributed by atoms with Crippen LogP contribution in [0.15, 0.2) is 0 Å². The highest BCUT2D eigenvalue weighted by molar-refractivity contribution is 5.00. The molecule has 1 aromatic rings. The van der Waals surface area contributed by atoms with Gasteiger partial charge < -0.3 is 5.32 Å². The summed E-state index contributed by atoms with van der Waals surface area (Å²) in [5.41, 5.74) is 0. The van der Waals surface area contributed by atoms with Crippen LogP contribution in [0.1, 0.15) is 56.1 Å². The van der Waals surface area contributed by atoms with Gasteiger partial charge in [0.2, 0.25) is 0 Å². The van der Waals surface area contributed by atoms with E-state index in [0.29, 0.717) is 5.92 Å². The maximum atomic E-state index is 4.67. The minimum atomic E-state index is 0.633. The number of aromatic amines is 1. The summed E-state index contributed by atoms with van der Waals surface area (Å²) in [6.45, 7) is 2.37. The highest BCUT2D eigenvalue weighted by atomic mass is 15.2. The van der Waals surface area contributed by atoms with Crippen LogP contribution in [0, 0.1) is 5.92 Å². The second-order valence-electron chi connectivity index (χ2n) is 5.52. The summed E-state index contributed by atoms with van der Waals surface area (Å²) >= 11 is 0. The summed E-state index contributed by atoms with van der Waals surface area (Å²) in [6, 6.07) is 0.